The molecule has 0 heterocycles. The minimum Gasteiger partial charge on any atom is -0.462 e. The molecule has 0 unspecified atom stereocenters. The monoisotopic (exact) mass is 378 g/mol. The SMILES string of the molecule is CCOC(=O)c1cc(OS(=O)(=O)c2ccccc2)cc(C(=O)OCC)c1. The van der Waals surface area contributed by atoms with Crippen LogP contribution >= 0.6 is 0 Å². The molecule has 0 saturated heterocycles. The summed E-state index contributed by atoms with van der Waals surface area (Å²) in [6.45, 7) is 3.51. The van der Waals surface area contributed by atoms with Gasteiger partial charge in [-0.15, -0.1) is 0 Å². The molecule has 0 aliphatic rings. The van der Waals surface area contributed by atoms with Crippen molar-refractivity contribution in [3.8, 4) is 5.75 Å². The lowest BCUT2D eigenvalue weighted by atomic mass is 10.1. The smallest absolute Gasteiger partial charge is 0.339 e. The van der Waals surface area contributed by atoms with Crippen molar-refractivity contribution in [1.82, 2.24) is 0 Å². The largest absolute Gasteiger partial charge is 0.462 e. The van der Waals surface area contributed by atoms with Crippen molar-refractivity contribution in [2.24, 2.45) is 0 Å². The first kappa shape index (κ1) is 19.5. The van der Waals surface area contributed by atoms with E-state index in [0.29, 0.717) is 0 Å². The molecule has 0 aliphatic carbocycles. The maximum Gasteiger partial charge on any atom is 0.339 e. The molecule has 2 aromatic carbocycles. The van der Waals surface area contributed by atoms with Gasteiger partial charge in [0.1, 0.15) is 10.6 Å². The molecule has 0 spiro atoms. The molecule has 0 radical (unpaired) electrons. The highest BCUT2D eigenvalue weighted by molar-refractivity contribution is 7.87. The van der Waals surface area contributed by atoms with E-state index in [0.717, 1.165) is 0 Å². The van der Waals surface area contributed by atoms with Crippen molar-refractivity contribution < 1.29 is 31.7 Å². The summed E-state index contributed by atoms with van der Waals surface area (Å²) in [5.74, 6) is -1.61. The van der Waals surface area contributed by atoms with Gasteiger partial charge in [-0.2, -0.15) is 8.42 Å². The Bertz CT molecular complexity index is 853. The van der Waals surface area contributed by atoms with Crippen LogP contribution in [0, 0.1) is 0 Å². The number of hydrogen-bond acceptors (Lipinski definition) is 7. The molecule has 0 amide bonds. The van der Waals surface area contributed by atoms with E-state index in [4.69, 9.17) is 13.7 Å². The van der Waals surface area contributed by atoms with Gasteiger partial charge >= 0.3 is 22.1 Å². The Balaban J connectivity index is 2.43. The lowest BCUT2D eigenvalue weighted by Crippen LogP contribution is -2.13. The van der Waals surface area contributed by atoms with Gasteiger partial charge in [0.05, 0.1) is 24.3 Å². The molecule has 26 heavy (non-hydrogen) atoms. The molecule has 0 N–H and O–H groups in total. The summed E-state index contributed by atoms with van der Waals surface area (Å²) in [6, 6.07) is 11.2. The molecule has 0 saturated carbocycles. The molecule has 0 aliphatic heterocycles. The van der Waals surface area contributed by atoms with E-state index in [1.54, 1.807) is 32.0 Å². The quantitative estimate of drug-likeness (QED) is 0.540. The Morgan fingerprint density at radius 1 is 0.846 bits per heavy atom. The number of benzene rings is 2. The van der Waals surface area contributed by atoms with E-state index >= 15 is 0 Å². The van der Waals surface area contributed by atoms with Gasteiger partial charge in [-0.1, -0.05) is 18.2 Å². The Labute approximate surface area is 151 Å². The number of ether oxygens (including phenoxy) is 2. The second-order valence-corrected chi connectivity index (χ2v) is 6.58. The fourth-order valence-electron chi connectivity index (χ4n) is 2.07. The number of hydrogen-bond donors (Lipinski definition) is 0. The fourth-order valence-corrected chi connectivity index (χ4v) is 3.01. The molecule has 7 nitrogen and oxygen atoms in total. The molecule has 0 aromatic heterocycles. The summed E-state index contributed by atoms with van der Waals surface area (Å²) < 4.78 is 39.6. The van der Waals surface area contributed by atoms with Gasteiger partial charge < -0.3 is 13.7 Å². The van der Waals surface area contributed by atoms with Crippen LogP contribution in [-0.4, -0.2) is 33.6 Å². The maximum absolute atomic E-state index is 12.4. The number of esters is 2. The summed E-state index contributed by atoms with van der Waals surface area (Å²) in [4.78, 5) is 23.9. The van der Waals surface area contributed by atoms with Crippen LogP contribution in [0.3, 0.4) is 0 Å². The molecule has 0 atom stereocenters. The van der Waals surface area contributed by atoms with Gasteiger partial charge in [0.2, 0.25) is 0 Å². The third kappa shape index (κ3) is 4.82. The van der Waals surface area contributed by atoms with Crippen molar-refractivity contribution in [2.45, 2.75) is 18.7 Å². The van der Waals surface area contributed by atoms with Crippen LogP contribution in [0.4, 0.5) is 0 Å². The molecule has 0 fully saturated rings. The highest BCUT2D eigenvalue weighted by atomic mass is 32.2. The number of rotatable bonds is 7. The van der Waals surface area contributed by atoms with Crippen LogP contribution in [0.1, 0.15) is 34.6 Å². The first-order chi connectivity index (χ1) is 12.4. The summed E-state index contributed by atoms with van der Waals surface area (Å²) in [5.41, 5.74) is -0.0358. The topological polar surface area (TPSA) is 96.0 Å². The molecular weight excluding hydrogens is 360 g/mol. The van der Waals surface area contributed by atoms with Gasteiger partial charge in [-0.05, 0) is 44.2 Å². The van der Waals surface area contributed by atoms with Crippen LogP contribution < -0.4 is 4.18 Å². The third-order valence-corrected chi connectivity index (χ3v) is 4.43. The van der Waals surface area contributed by atoms with E-state index in [1.165, 1.54) is 30.3 Å². The van der Waals surface area contributed by atoms with Crippen molar-refractivity contribution in [3.63, 3.8) is 0 Å². The molecule has 138 valence electrons. The minimum atomic E-state index is -4.13. The van der Waals surface area contributed by atoms with Gasteiger partial charge in [0.25, 0.3) is 0 Å². The summed E-state index contributed by atoms with van der Waals surface area (Å²) in [7, 11) is -4.13. The maximum atomic E-state index is 12.4. The van der Waals surface area contributed by atoms with Gasteiger partial charge in [-0.25, -0.2) is 9.59 Å². The molecule has 0 bridgehead atoms. The van der Waals surface area contributed by atoms with E-state index in [1.807, 2.05) is 0 Å². The van der Waals surface area contributed by atoms with Gasteiger partial charge in [-0.3, -0.25) is 0 Å². The summed E-state index contributed by atoms with van der Waals surface area (Å²) >= 11 is 0. The van der Waals surface area contributed by atoms with Crippen molar-refractivity contribution in [3.05, 3.63) is 59.7 Å². The van der Waals surface area contributed by atoms with Crippen LogP contribution in [0.2, 0.25) is 0 Å². The van der Waals surface area contributed by atoms with E-state index < -0.39 is 22.1 Å². The Morgan fingerprint density at radius 2 is 1.35 bits per heavy atom. The van der Waals surface area contributed by atoms with Gasteiger partial charge in [0.15, 0.2) is 0 Å². The van der Waals surface area contributed by atoms with E-state index in [2.05, 4.69) is 0 Å². The second-order valence-electron chi connectivity index (χ2n) is 5.04. The van der Waals surface area contributed by atoms with Crippen molar-refractivity contribution >= 4 is 22.1 Å². The number of carbonyl (C=O) groups is 2. The Hall–Kier alpha value is -2.87. The molecular formula is C18H18O7S. The zero-order valence-corrected chi connectivity index (χ0v) is 15.1. The highest BCUT2D eigenvalue weighted by Gasteiger charge is 2.20. The zero-order valence-electron chi connectivity index (χ0n) is 14.3. The predicted octanol–water partition coefficient (Wildman–Crippen LogP) is 2.81. The predicted molar refractivity (Wildman–Crippen MR) is 92.6 cm³/mol. The lowest BCUT2D eigenvalue weighted by Gasteiger charge is -2.11. The highest BCUT2D eigenvalue weighted by Crippen LogP contribution is 2.23. The van der Waals surface area contributed by atoms with E-state index in [9.17, 15) is 18.0 Å². The Morgan fingerprint density at radius 3 is 1.81 bits per heavy atom. The van der Waals surface area contributed by atoms with Crippen LogP contribution in [0.15, 0.2) is 53.4 Å². The van der Waals surface area contributed by atoms with Crippen molar-refractivity contribution in [2.75, 3.05) is 13.2 Å². The van der Waals surface area contributed by atoms with Crippen LogP contribution in [0.25, 0.3) is 0 Å². The normalized spacial score (nSPS) is 10.8. The zero-order chi connectivity index (χ0) is 19.2. The van der Waals surface area contributed by atoms with E-state index in [-0.39, 0.29) is 35.0 Å². The first-order valence-electron chi connectivity index (χ1n) is 7.86. The fraction of sp³-hybridized carbons (Fsp3) is 0.222. The molecule has 2 aromatic rings. The van der Waals surface area contributed by atoms with Crippen LogP contribution in [0.5, 0.6) is 5.75 Å². The van der Waals surface area contributed by atoms with Crippen molar-refractivity contribution in [1.29, 1.82) is 0 Å². The standard InChI is InChI=1S/C18H18O7S/c1-3-23-17(19)13-10-14(18(20)24-4-2)12-15(11-13)25-26(21,22)16-8-6-5-7-9-16/h5-12H,3-4H2,1-2H3. The summed E-state index contributed by atoms with van der Waals surface area (Å²) in [6.07, 6.45) is 0. The van der Waals surface area contributed by atoms with Gasteiger partial charge in [0, 0.05) is 0 Å². The molecule has 2 rings (SSSR count). The average molecular weight is 378 g/mol. The number of carbonyl (C=O) groups excluding carboxylic acids is 2. The Kier molecular flexibility index (Phi) is 6.35. The molecule has 8 heteroatoms. The first-order valence-corrected chi connectivity index (χ1v) is 9.27. The lowest BCUT2D eigenvalue weighted by molar-refractivity contribution is 0.0524. The third-order valence-electron chi connectivity index (χ3n) is 3.17. The second kappa shape index (κ2) is 8.48. The van der Waals surface area contributed by atoms with Crippen LogP contribution in [-0.2, 0) is 19.6 Å². The minimum absolute atomic E-state index is 0.0179. The summed E-state index contributed by atoms with van der Waals surface area (Å²) in [5, 5.41) is 0. The average Bonchev–Trinajstić information content (AvgIpc) is 2.62.